The molecule has 0 aliphatic heterocycles. The fourth-order valence-corrected chi connectivity index (χ4v) is 3.16. The monoisotopic (exact) mass is 373 g/mol. The first-order valence-corrected chi connectivity index (χ1v) is 9.31. The van der Waals surface area contributed by atoms with Crippen LogP contribution < -0.4 is 15.9 Å². The summed E-state index contributed by atoms with van der Waals surface area (Å²) in [5.74, 6) is 0.0699. The highest BCUT2D eigenvalue weighted by Gasteiger charge is 2.25. The number of aryl methyl sites for hydroxylation is 1. The van der Waals surface area contributed by atoms with Gasteiger partial charge in [-0.3, -0.25) is 4.79 Å². The lowest BCUT2D eigenvalue weighted by molar-refractivity contribution is -0.418. The van der Waals surface area contributed by atoms with Crippen LogP contribution in [0.2, 0.25) is 0 Å². The van der Waals surface area contributed by atoms with Crippen LogP contribution in [0, 0.1) is 12.8 Å². The van der Waals surface area contributed by atoms with E-state index < -0.39 is 12.0 Å². The number of rotatable bonds is 5. The highest BCUT2D eigenvalue weighted by Crippen LogP contribution is 2.24. The van der Waals surface area contributed by atoms with Crippen LogP contribution in [-0.4, -0.2) is 17.0 Å². The maximum Gasteiger partial charge on any atom is 0.370 e. The summed E-state index contributed by atoms with van der Waals surface area (Å²) in [5, 5.41) is 3.12. The minimum atomic E-state index is -0.446. The standard InChI is InChI=1S/C19H20N2O4S/c1-4-10(2)17(20)19(23)25-12-5-6-13-16(7-12)24-8-14(18(13)22)15-9-26-11(3)21-15/h5-10,17H,4,20H2,1-3H3/p+1/t10-,17+/m1/s1. The van der Waals surface area contributed by atoms with Crippen molar-refractivity contribution in [3.63, 3.8) is 0 Å². The van der Waals surface area contributed by atoms with E-state index in [2.05, 4.69) is 10.7 Å². The molecule has 0 aliphatic rings. The fourth-order valence-electron chi connectivity index (χ4n) is 2.54. The number of thiazole rings is 1. The Hall–Kier alpha value is -2.51. The van der Waals surface area contributed by atoms with Gasteiger partial charge in [0.1, 0.15) is 17.6 Å². The van der Waals surface area contributed by atoms with Crippen LogP contribution in [0.15, 0.2) is 39.1 Å². The van der Waals surface area contributed by atoms with Crippen molar-refractivity contribution in [2.45, 2.75) is 33.2 Å². The number of fused-ring (bicyclic) bond motifs is 1. The molecule has 0 saturated carbocycles. The largest absolute Gasteiger partial charge is 0.463 e. The van der Waals surface area contributed by atoms with Gasteiger partial charge in [0.15, 0.2) is 6.04 Å². The number of benzene rings is 1. The van der Waals surface area contributed by atoms with Gasteiger partial charge in [-0.1, -0.05) is 13.8 Å². The molecular weight excluding hydrogens is 352 g/mol. The summed E-state index contributed by atoms with van der Waals surface area (Å²) in [7, 11) is 0. The van der Waals surface area contributed by atoms with Crippen molar-refractivity contribution in [3.8, 4) is 17.0 Å². The molecule has 7 heteroatoms. The summed E-state index contributed by atoms with van der Waals surface area (Å²) in [6, 6.07) is 4.30. The van der Waals surface area contributed by atoms with Crippen molar-refractivity contribution < 1.29 is 19.7 Å². The number of aromatic nitrogens is 1. The van der Waals surface area contributed by atoms with Crippen molar-refractivity contribution in [2.75, 3.05) is 0 Å². The number of ether oxygens (including phenoxy) is 1. The van der Waals surface area contributed by atoms with Gasteiger partial charge in [-0.25, -0.2) is 9.78 Å². The van der Waals surface area contributed by atoms with Gasteiger partial charge < -0.3 is 14.9 Å². The average molecular weight is 373 g/mol. The van der Waals surface area contributed by atoms with Crippen molar-refractivity contribution in [1.29, 1.82) is 0 Å². The van der Waals surface area contributed by atoms with E-state index in [0.717, 1.165) is 11.4 Å². The molecule has 0 radical (unpaired) electrons. The molecule has 2 heterocycles. The summed E-state index contributed by atoms with van der Waals surface area (Å²) >= 11 is 1.47. The lowest BCUT2D eigenvalue weighted by Crippen LogP contribution is -2.68. The van der Waals surface area contributed by atoms with E-state index in [0.29, 0.717) is 28.0 Å². The van der Waals surface area contributed by atoms with E-state index in [1.807, 2.05) is 26.2 Å². The highest BCUT2D eigenvalue weighted by atomic mass is 32.1. The Morgan fingerprint density at radius 1 is 1.42 bits per heavy atom. The number of esters is 1. The summed E-state index contributed by atoms with van der Waals surface area (Å²) in [4.78, 5) is 29.2. The van der Waals surface area contributed by atoms with Gasteiger partial charge in [-0.15, -0.1) is 11.3 Å². The van der Waals surface area contributed by atoms with E-state index in [1.54, 1.807) is 18.2 Å². The molecule has 0 bridgehead atoms. The number of carbonyl (C=O) groups excluding carboxylic acids is 1. The van der Waals surface area contributed by atoms with E-state index in [-0.39, 0.29) is 11.3 Å². The molecule has 0 fully saturated rings. The Morgan fingerprint density at radius 3 is 2.85 bits per heavy atom. The first-order valence-electron chi connectivity index (χ1n) is 8.43. The lowest BCUT2D eigenvalue weighted by Gasteiger charge is -2.13. The topological polar surface area (TPSA) is 97.0 Å². The zero-order valence-electron chi connectivity index (χ0n) is 14.9. The summed E-state index contributed by atoms with van der Waals surface area (Å²) in [6.45, 7) is 5.84. The Morgan fingerprint density at radius 2 is 2.19 bits per heavy atom. The normalized spacial score (nSPS) is 13.5. The minimum absolute atomic E-state index is 0.130. The van der Waals surface area contributed by atoms with Gasteiger partial charge in [0.05, 0.1) is 21.7 Å². The van der Waals surface area contributed by atoms with Crippen LogP contribution in [0.25, 0.3) is 22.2 Å². The predicted octanol–water partition coefficient (Wildman–Crippen LogP) is 2.79. The Balaban J connectivity index is 1.91. The second-order valence-corrected chi connectivity index (χ2v) is 7.36. The third-order valence-corrected chi connectivity index (χ3v) is 5.27. The average Bonchev–Trinajstić information content (AvgIpc) is 3.06. The van der Waals surface area contributed by atoms with Crippen molar-refractivity contribution in [2.24, 2.45) is 5.92 Å². The second kappa shape index (κ2) is 7.39. The van der Waals surface area contributed by atoms with Crippen LogP contribution >= 0.6 is 11.3 Å². The van der Waals surface area contributed by atoms with Crippen molar-refractivity contribution >= 4 is 28.3 Å². The zero-order valence-corrected chi connectivity index (χ0v) is 15.8. The first-order chi connectivity index (χ1) is 12.4. The summed E-state index contributed by atoms with van der Waals surface area (Å²) in [5.41, 5.74) is 5.09. The van der Waals surface area contributed by atoms with Gasteiger partial charge in [-0.2, -0.15) is 0 Å². The molecule has 1 aromatic carbocycles. The lowest BCUT2D eigenvalue weighted by atomic mass is 10.0. The molecule has 0 saturated heterocycles. The SMILES string of the molecule is CC[C@@H](C)[C@H]([NH3+])C(=O)Oc1ccc2c(=O)c(-c3csc(C)n3)coc2c1. The van der Waals surface area contributed by atoms with E-state index in [9.17, 15) is 9.59 Å². The molecule has 0 aliphatic carbocycles. The Kier molecular flexibility index (Phi) is 5.20. The van der Waals surface area contributed by atoms with Crippen LogP contribution in [0.1, 0.15) is 25.3 Å². The molecule has 0 spiro atoms. The molecule has 3 N–H and O–H groups in total. The Bertz CT molecular complexity index is 1010. The zero-order chi connectivity index (χ0) is 18.8. The van der Waals surface area contributed by atoms with E-state index in [1.165, 1.54) is 17.6 Å². The van der Waals surface area contributed by atoms with Gasteiger partial charge in [0.2, 0.25) is 5.43 Å². The van der Waals surface area contributed by atoms with Crippen molar-refractivity contribution in [1.82, 2.24) is 4.98 Å². The molecule has 2 atom stereocenters. The van der Waals surface area contributed by atoms with Gasteiger partial charge in [0, 0.05) is 17.4 Å². The smallest absolute Gasteiger partial charge is 0.370 e. The number of carbonyl (C=O) groups is 1. The summed E-state index contributed by atoms with van der Waals surface area (Å²) in [6.07, 6.45) is 2.24. The molecule has 0 unspecified atom stereocenters. The second-order valence-electron chi connectivity index (χ2n) is 6.30. The maximum absolute atomic E-state index is 12.7. The molecule has 0 amide bonds. The number of quaternary nitrogens is 1. The van der Waals surface area contributed by atoms with E-state index in [4.69, 9.17) is 9.15 Å². The van der Waals surface area contributed by atoms with Gasteiger partial charge in [-0.05, 0) is 25.5 Å². The van der Waals surface area contributed by atoms with Gasteiger partial charge in [0.25, 0.3) is 0 Å². The van der Waals surface area contributed by atoms with E-state index >= 15 is 0 Å². The van der Waals surface area contributed by atoms with Gasteiger partial charge >= 0.3 is 5.97 Å². The quantitative estimate of drug-likeness (QED) is 0.548. The highest BCUT2D eigenvalue weighted by molar-refractivity contribution is 7.09. The molecule has 3 aromatic rings. The van der Waals surface area contributed by atoms with Crippen LogP contribution in [0.3, 0.4) is 0 Å². The molecule has 2 aromatic heterocycles. The minimum Gasteiger partial charge on any atom is -0.463 e. The van der Waals surface area contributed by atoms with Crippen molar-refractivity contribution in [3.05, 3.63) is 45.1 Å². The molecular formula is C19H21N2O4S+. The van der Waals surface area contributed by atoms with Crippen LogP contribution in [0.5, 0.6) is 5.75 Å². The number of hydrogen-bond donors (Lipinski definition) is 1. The number of hydrogen-bond acceptors (Lipinski definition) is 6. The molecule has 136 valence electrons. The molecule has 6 nitrogen and oxygen atoms in total. The molecule has 3 rings (SSSR count). The summed E-state index contributed by atoms with van der Waals surface area (Å²) < 4.78 is 11.0. The third-order valence-electron chi connectivity index (χ3n) is 4.49. The fraction of sp³-hybridized carbons (Fsp3) is 0.316. The predicted molar refractivity (Wildman–Crippen MR) is 100 cm³/mol. The maximum atomic E-state index is 12.7. The third kappa shape index (κ3) is 3.54. The first kappa shape index (κ1) is 18.3. The Labute approximate surface area is 154 Å². The molecule has 26 heavy (non-hydrogen) atoms. The van der Waals surface area contributed by atoms with Crippen LogP contribution in [0.4, 0.5) is 0 Å². The van der Waals surface area contributed by atoms with Crippen LogP contribution in [-0.2, 0) is 4.79 Å². The number of nitrogens with zero attached hydrogens (tertiary/aromatic N) is 1.